The second-order valence-corrected chi connectivity index (χ2v) is 5.86. The zero-order chi connectivity index (χ0) is 13.7. The zero-order valence-electron chi connectivity index (χ0n) is 11.4. The van der Waals surface area contributed by atoms with Gasteiger partial charge >= 0.3 is 0 Å². The third-order valence-corrected chi connectivity index (χ3v) is 4.33. The summed E-state index contributed by atoms with van der Waals surface area (Å²) < 4.78 is 18.6. The van der Waals surface area contributed by atoms with Crippen LogP contribution in [0.1, 0.15) is 31.2 Å². The highest BCUT2D eigenvalue weighted by molar-refractivity contribution is 9.09. The van der Waals surface area contributed by atoms with Crippen LogP contribution < -0.4 is 4.74 Å². The average molecular weight is 330 g/mol. The number of halogens is 2. The van der Waals surface area contributed by atoms with Crippen molar-refractivity contribution < 1.29 is 9.13 Å². The van der Waals surface area contributed by atoms with Crippen LogP contribution in [-0.2, 0) is 6.54 Å². The number of hydrogen-bond donors (Lipinski definition) is 0. The highest BCUT2D eigenvalue weighted by Gasteiger charge is 2.23. The van der Waals surface area contributed by atoms with Crippen LogP contribution in [0.3, 0.4) is 0 Å². The Morgan fingerprint density at radius 3 is 3.00 bits per heavy atom. The van der Waals surface area contributed by atoms with Crippen molar-refractivity contribution >= 4 is 15.9 Å². The molecule has 2 rings (SSSR count). The molecule has 2 nitrogen and oxygen atoms in total. The molecule has 1 atom stereocenters. The summed E-state index contributed by atoms with van der Waals surface area (Å²) in [7, 11) is 1.49. The molecule has 0 amide bonds. The Kier molecular flexibility index (Phi) is 5.64. The number of hydrogen-bond acceptors (Lipinski definition) is 2. The van der Waals surface area contributed by atoms with Crippen molar-refractivity contribution in [3.05, 3.63) is 29.6 Å². The van der Waals surface area contributed by atoms with Crippen molar-refractivity contribution in [1.29, 1.82) is 0 Å². The molecule has 1 aromatic carbocycles. The van der Waals surface area contributed by atoms with Gasteiger partial charge in [0.1, 0.15) is 0 Å². The Balaban J connectivity index is 1.97. The maximum atomic E-state index is 13.7. The number of methoxy groups -OCH3 is 1. The number of rotatable bonds is 6. The summed E-state index contributed by atoms with van der Waals surface area (Å²) in [5, 5.41) is 1.06. The van der Waals surface area contributed by atoms with E-state index in [0.29, 0.717) is 11.8 Å². The molecule has 19 heavy (non-hydrogen) atoms. The second kappa shape index (κ2) is 7.25. The lowest BCUT2D eigenvalue weighted by molar-refractivity contribution is 0.233. The second-order valence-electron chi connectivity index (χ2n) is 5.07. The van der Waals surface area contributed by atoms with E-state index in [-0.39, 0.29) is 5.82 Å². The first-order valence-corrected chi connectivity index (χ1v) is 7.99. The number of likely N-dealkylation sites (tertiary alicyclic amines) is 1. The van der Waals surface area contributed by atoms with E-state index in [4.69, 9.17) is 4.74 Å². The normalized spacial score (nSPS) is 19.8. The first-order valence-electron chi connectivity index (χ1n) is 6.87. The first-order chi connectivity index (χ1) is 9.24. The van der Waals surface area contributed by atoms with Crippen LogP contribution in [-0.4, -0.2) is 29.9 Å². The topological polar surface area (TPSA) is 12.5 Å². The van der Waals surface area contributed by atoms with Crippen molar-refractivity contribution in [2.75, 3.05) is 19.0 Å². The molecule has 1 heterocycles. The Labute approximate surface area is 123 Å². The molecule has 4 heteroatoms. The number of benzene rings is 1. The lowest BCUT2D eigenvalue weighted by Gasteiger charge is -2.24. The van der Waals surface area contributed by atoms with E-state index in [2.05, 4.69) is 20.8 Å². The summed E-state index contributed by atoms with van der Waals surface area (Å²) in [6.07, 6.45) is 4.96. The van der Waals surface area contributed by atoms with E-state index in [1.54, 1.807) is 12.1 Å². The van der Waals surface area contributed by atoms with Gasteiger partial charge in [-0.2, -0.15) is 0 Å². The predicted molar refractivity (Wildman–Crippen MR) is 79.4 cm³/mol. The molecular weight excluding hydrogens is 309 g/mol. The molecule has 1 saturated heterocycles. The van der Waals surface area contributed by atoms with Crippen molar-refractivity contribution in [2.24, 2.45) is 0 Å². The van der Waals surface area contributed by atoms with Gasteiger partial charge in [0, 0.05) is 17.9 Å². The molecule has 0 N–H and O–H groups in total. The Morgan fingerprint density at radius 1 is 1.47 bits per heavy atom. The fraction of sp³-hybridized carbons (Fsp3) is 0.600. The van der Waals surface area contributed by atoms with E-state index >= 15 is 0 Å². The Hall–Kier alpha value is -0.610. The highest BCUT2D eigenvalue weighted by Crippen LogP contribution is 2.25. The van der Waals surface area contributed by atoms with Crippen LogP contribution in [0.15, 0.2) is 18.2 Å². The van der Waals surface area contributed by atoms with Gasteiger partial charge in [0.15, 0.2) is 11.6 Å². The largest absolute Gasteiger partial charge is 0.494 e. The monoisotopic (exact) mass is 329 g/mol. The van der Waals surface area contributed by atoms with E-state index < -0.39 is 0 Å². The summed E-state index contributed by atoms with van der Waals surface area (Å²) in [5.41, 5.74) is 1.03. The molecule has 1 aliphatic heterocycles. The summed E-state index contributed by atoms with van der Waals surface area (Å²) in [5.74, 6) is 0.0530. The lowest BCUT2D eigenvalue weighted by Crippen LogP contribution is -2.28. The lowest BCUT2D eigenvalue weighted by atomic mass is 10.1. The fourth-order valence-electron chi connectivity index (χ4n) is 2.79. The summed E-state index contributed by atoms with van der Waals surface area (Å²) >= 11 is 3.49. The van der Waals surface area contributed by atoms with Gasteiger partial charge in [0.05, 0.1) is 7.11 Å². The summed E-state index contributed by atoms with van der Waals surface area (Å²) in [4.78, 5) is 2.48. The summed E-state index contributed by atoms with van der Waals surface area (Å²) in [6, 6.07) is 5.93. The van der Waals surface area contributed by atoms with Crippen LogP contribution in [0, 0.1) is 5.82 Å². The molecule has 1 unspecified atom stereocenters. The highest BCUT2D eigenvalue weighted by atomic mass is 79.9. The minimum atomic E-state index is -0.267. The third-order valence-electron chi connectivity index (χ3n) is 3.77. The third kappa shape index (κ3) is 3.93. The molecule has 1 fully saturated rings. The number of nitrogens with zero attached hydrogens (tertiary/aromatic N) is 1. The van der Waals surface area contributed by atoms with Crippen LogP contribution in [0.25, 0.3) is 0 Å². The van der Waals surface area contributed by atoms with Gasteiger partial charge in [0.25, 0.3) is 0 Å². The van der Waals surface area contributed by atoms with Gasteiger partial charge < -0.3 is 4.74 Å². The van der Waals surface area contributed by atoms with Crippen LogP contribution in [0.5, 0.6) is 5.75 Å². The van der Waals surface area contributed by atoms with Crippen molar-refractivity contribution in [3.63, 3.8) is 0 Å². The van der Waals surface area contributed by atoms with Crippen molar-refractivity contribution in [2.45, 2.75) is 38.3 Å². The van der Waals surface area contributed by atoms with E-state index in [0.717, 1.165) is 24.0 Å². The first kappa shape index (κ1) is 14.8. The molecule has 0 spiro atoms. The SMILES string of the molecule is COc1ccc(CN2CCCC2CCCBr)cc1F. The standard InChI is InChI=1S/C15H21BrFNO/c1-19-15-7-6-12(10-14(15)17)11-18-9-3-5-13(18)4-2-8-16/h6-7,10,13H,2-5,8-9,11H2,1H3. The average Bonchev–Trinajstić information content (AvgIpc) is 2.84. The van der Waals surface area contributed by atoms with E-state index in [1.165, 1.54) is 32.8 Å². The maximum absolute atomic E-state index is 13.7. The van der Waals surface area contributed by atoms with Gasteiger partial charge in [-0.1, -0.05) is 22.0 Å². The molecule has 0 radical (unpaired) electrons. The number of alkyl halides is 1. The fourth-order valence-corrected chi connectivity index (χ4v) is 3.11. The van der Waals surface area contributed by atoms with Crippen molar-refractivity contribution in [3.8, 4) is 5.75 Å². The molecule has 106 valence electrons. The van der Waals surface area contributed by atoms with Gasteiger partial charge in [-0.3, -0.25) is 4.90 Å². The smallest absolute Gasteiger partial charge is 0.165 e. The van der Waals surface area contributed by atoms with E-state index in [9.17, 15) is 4.39 Å². The quantitative estimate of drug-likeness (QED) is 0.732. The van der Waals surface area contributed by atoms with Gasteiger partial charge in [-0.15, -0.1) is 0 Å². The van der Waals surface area contributed by atoms with Crippen LogP contribution in [0.4, 0.5) is 4.39 Å². The zero-order valence-corrected chi connectivity index (χ0v) is 13.0. The van der Waals surface area contributed by atoms with Crippen LogP contribution >= 0.6 is 15.9 Å². The molecule has 1 aliphatic rings. The number of ether oxygens (including phenoxy) is 1. The Bertz CT molecular complexity index is 413. The minimum absolute atomic E-state index is 0.267. The van der Waals surface area contributed by atoms with Crippen LogP contribution in [0.2, 0.25) is 0 Å². The molecule has 1 aromatic rings. The maximum Gasteiger partial charge on any atom is 0.165 e. The minimum Gasteiger partial charge on any atom is -0.494 e. The van der Waals surface area contributed by atoms with Gasteiger partial charge in [0.2, 0.25) is 0 Å². The summed E-state index contributed by atoms with van der Waals surface area (Å²) in [6.45, 7) is 1.97. The van der Waals surface area contributed by atoms with E-state index in [1.807, 2.05) is 6.07 Å². The van der Waals surface area contributed by atoms with Crippen molar-refractivity contribution in [1.82, 2.24) is 4.90 Å². The Morgan fingerprint density at radius 2 is 2.32 bits per heavy atom. The predicted octanol–water partition coefficient (Wildman–Crippen LogP) is 3.97. The molecule has 0 saturated carbocycles. The van der Waals surface area contributed by atoms with Gasteiger partial charge in [-0.25, -0.2) is 4.39 Å². The van der Waals surface area contributed by atoms with Gasteiger partial charge in [-0.05, 0) is 49.9 Å². The molecular formula is C15H21BrFNO. The molecule has 0 aromatic heterocycles. The molecule has 0 aliphatic carbocycles. The molecule has 0 bridgehead atoms.